The average Bonchev–Trinajstić information content (AvgIpc) is 3.19. The van der Waals surface area contributed by atoms with Crippen LogP contribution in [0.4, 0.5) is 27.6 Å². The summed E-state index contributed by atoms with van der Waals surface area (Å²) >= 11 is 0. The lowest BCUT2D eigenvalue weighted by Crippen LogP contribution is -2.46. The summed E-state index contributed by atoms with van der Waals surface area (Å²) in [5.74, 6) is -1.81. The number of benzene rings is 1. The standard InChI is InChI=1S/C21H20F5N7O3S/c1-3-16-18(32-10-15(23)12(2)29-20(32)30-16)19(34)27-9-13-4-5-17(14(22)8-13)33-7-6-31(11-28-33)37(35,36)21(24,25)26/h4-5,8,10-11H,3,6-7,9H2,1-2H3,(H,27,34). The largest absolute Gasteiger partial charge is 0.516 e. The molecule has 4 rings (SSSR count). The van der Waals surface area contributed by atoms with Crippen LogP contribution in [0.2, 0.25) is 0 Å². The Morgan fingerprint density at radius 1 is 1.14 bits per heavy atom. The number of nitrogens with one attached hydrogen (secondary N) is 1. The van der Waals surface area contributed by atoms with Gasteiger partial charge in [-0.15, -0.1) is 0 Å². The Labute approximate surface area is 207 Å². The van der Waals surface area contributed by atoms with E-state index in [4.69, 9.17) is 0 Å². The molecule has 10 nitrogen and oxygen atoms in total. The molecule has 0 radical (unpaired) electrons. The van der Waals surface area contributed by atoms with Gasteiger partial charge in [0.15, 0.2) is 5.82 Å². The van der Waals surface area contributed by atoms with Gasteiger partial charge in [0.1, 0.15) is 17.8 Å². The van der Waals surface area contributed by atoms with Crippen LogP contribution in [0.5, 0.6) is 0 Å². The Kier molecular flexibility index (Phi) is 6.79. The lowest BCUT2D eigenvalue weighted by atomic mass is 10.1. The maximum Gasteiger partial charge on any atom is 0.516 e. The molecule has 1 amide bonds. The molecule has 3 aromatic rings. The predicted molar refractivity (Wildman–Crippen MR) is 122 cm³/mol. The van der Waals surface area contributed by atoms with Crippen LogP contribution in [0, 0.1) is 18.6 Å². The molecule has 0 spiro atoms. The zero-order valence-electron chi connectivity index (χ0n) is 19.4. The summed E-state index contributed by atoms with van der Waals surface area (Å²) in [6.45, 7) is 2.24. The Morgan fingerprint density at radius 2 is 1.86 bits per heavy atom. The van der Waals surface area contributed by atoms with Crippen molar-refractivity contribution >= 4 is 33.7 Å². The van der Waals surface area contributed by atoms with Gasteiger partial charge in [-0.1, -0.05) is 13.0 Å². The number of fused-ring (bicyclic) bond motifs is 1. The molecular formula is C21H20F5N7O3S. The van der Waals surface area contributed by atoms with E-state index < -0.39 is 39.6 Å². The van der Waals surface area contributed by atoms with Gasteiger partial charge in [-0.2, -0.15) is 26.7 Å². The molecule has 0 fully saturated rings. The number of carbonyl (C=O) groups excluding carboxylic acids is 1. The van der Waals surface area contributed by atoms with E-state index in [2.05, 4.69) is 20.4 Å². The predicted octanol–water partition coefficient (Wildman–Crippen LogP) is 2.72. The molecular weight excluding hydrogens is 525 g/mol. The molecule has 0 unspecified atom stereocenters. The molecule has 16 heteroatoms. The minimum atomic E-state index is -5.59. The molecule has 1 N–H and O–H groups in total. The highest BCUT2D eigenvalue weighted by atomic mass is 32.2. The first-order valence-electron chi connectivity index (χ1n) is 10.8. The second kappa shape index (κ2) is 9.57. The highest BCUT2D eigenvalue weighted by Crippen LogP contribution is 2.28. The fraction of sp³-hybridized carbons (Fsp3) is 0.333. The number of nitrogens with zero attached hydrogens (tertiary/aromatic N) is 6. The van der Waals surface area contributed by atoms with E-state index >= 15 is 0 Å². The van der Waals surface area contributed by atoms with Gasteiger partial charge in [0.25, 0.3) is 5.91 Å². The van der Waals surface area contributed by atoms with Crippen LogP contribution in [0.15, 0.2) is 29.5 Å². The molecule has 0 aliphatic carbocycles. The Balaban J connectivity index is 1.48. The van der Waals surface area contributed by atoms with Crippen LogP contribution < -0.4 is 10.3 Å². The normalized spacial score (nSPS) is 14.5. The first kappa shape index (κ1) is 26.2. The third-order valence-electron chi connectivity index (χ3n) is 5.57. The second-order valence-electron chi connectivity index (χ2n) is 7.99. The summed E-state index contributed by atoms with van der Waals surface area (Å²) in [7, 11) is -5.59. The average molecular weight is 545 g/mol. The maximum atomic E-state index is 14.8. The lowest BCUT2D eigenvalue weighted by Gasteiger charge is -2.29. The van der Waals surface area contributed by atoms with Gasteiger partial charge < -0.3 is 5.32 Å². The number of hydrogen-bond acceptors (Lipinski definition) is 7. The molecule has 1 aliphatic heterocycles. The number of hydrogen-bond donors (Lipinski definition) is 1. The number of aromatic nitrogens is 3. The molecule has 198 valence electrons. The van der Waals surface area contributed by atoms with Crippen molar-refractivity contribution in [1.82, 2.24) is 24.0 Å². The Morgan fingerprint density at radius 3 is 2.46 bits per heavy atom. The zero-order chi connectivity index (χ0) is 27.1. The van der Waals surface area contributed by atoms with Crippen molar-refractivity contribution in [3.05, 3.63) is 58.7 Å². The molecule has 0 saturated heterocycles. The third kappa shape index (κ3) is 4.92. The van der Waals surface area contributed by atoms with Crippen LogP contribution in [-0.4, -0.2) is 57.9 Å². The van der Waals surface area contributed by atoms with Gasteiger partial charge in [-0.05, 0) is 31.0 Å². The van der Waals surface area contributed by atoms with Gasteiger partial charge in [-0.25, -0.2) is 23.1 Å². The molecule has 1 aromatic carbocycles. The minimum absolute atomic E-state index is 0.0404. The molecule has 3 heterocycles. The first-order chi connectivity index (χ1) is 17.3. The van der Waals surface area contributed by atoms with E-state index in [0.717, 1.165) is 17.3 Å². The quantitative estimate of drug-likeness (QED) is 0.477. The molecule has 37 heavy (non-hydrogen) atoms. The summed E-state index contributed by atoms with van der Waals surface area (Å²) in [6, 6.07) is 3.87. The minimum Gasteiger partial charge on any atom is -0.347 e. The van der Waals surface area contributed by atoms with E-state index in [1.165, 1.54) is 23.5 Å². The van der Waals surface area contributed by atoms with Crippen molar-refractivity contribution in [2.75, 3.05) is 18.1 Å². The number of rotatable bonds is 6. The van der Waals surface area contributed by atoms with Crippen LogP contribution in [0.1, 0.15) is 34.4 Å². The van der Waals surface area contributed by atoms with Crippen LogP contribution in [-0.2, 0) is 23.0 Å². The van der Waals surface area contributed by atoms with Gasteiger partial charge in [0.2, 0.25) is 5.78 Å². The van der Waals surface area contributed by atoms with Gasteiger partial charge in [0.05, 0.1) is 36.4 Å². The summed E-state index contributed by atoms with van der Waals surface area (Å²) in [5.41, 5.74) is -4.59. The number of carbonyl (C=O) groups is 1. The van der Waals surface area contributed by atoms with Crippen molar-refractivity contribution < 1.29 is 35.2 Å². The van der Waals surface area contributed by atoms with Crippen molar-refractivity contribution in [3.8, 4) is 0 Å². The third-order valence-corrected chi connectivity index (χ3v) is 7.05. The van der Waals surface area contributed by atoms with Crippen molar-refractivity contribution in [3.63, 3.8) is 0 Å². The van der Waals surface area contributed by atoms with E-state index in [9.17, 15) is 35.2 Å². The van der Waals surface area contributed by atoms with Crippen molar-refractivity contribution in [2.24, 2.45) is 5.10 Å². The number of aryl methyl sites for hydroxylation is 2. The number of anilines is 1. The lowest BCUT2D eigenvalue weighted by molar-refractivity contribution is -0.0471. The zero-order valence-corrected chi connectivity index (χ0v) is 20.2. The monoisotopic (exact) mass is 545 g/mol. The molecule has 0 atom stereocenters. The van der Waals surface area contributed by atoms with Gasteiger partial charge in [-0.3, -0.25) is 14.2 Å². The van der Waals surface area contributed by atoms with Crippen molar-refractivity contribution in [1.29, 1.82) is 0 Å². The molecule has 0 bridgehead atoms. The summed E-state index contributed by atoms with van der Waals surface area (Å²) in [6.07, 6.45) is 1.97. The number of alkyl halides is 3. The molecule has 0 saturated carbocycles. The van der Waals surface area contributed by atoms with Crippen LogP contribution in [0.3, 0.4) is 0 Å². The first-order valence-corrected chi connectivity index (χ1v) is 12.3. The molecule has 1 aliphatic rings. The van der Waals surface area contributed by atoms with Crippen LogP contribution in [0.25, 0.3) is 5.78 Å². The fourth-order valence-corrected chi connectivity index (χ4v) is 4.38. The summed E-state index contributed by atoms with van der Waals surface area (Å²) in [4.78, 5) is 21.2. The summed E-state index contributed by atoms with van der Waals surface area (Å²) in [5, 5.41) is 7.27. The van der Waals surface area contributed by atoms with E-state index in [-0.39, 0.29) is 40.2 Å². The molecule has 2 aromatic heterocycles. The van der Waals surface area contributed by atoms with E-state index in [0.29, 0.717) is 24.0 Å². The number of sulfonamides is 1. The highest BCUT2D eigenvalue weighted by Gasteiger charge is 2.50. The van der Waals surface area contributed by atoms with E-state index in [1.807, 2.05) is 0 Å². The van der Waals surface area contributed by atoms with Gasteiger partial charge in [0, 0.05) is 6.54 Å². The summed E-state index contributed by atoms with van der Waals surface area (Å²) < 4.78 is 91.1. The second-order valence-corrected chi connectivity index (χ2v) is 9.87. The highest BCUT2D eigenvalue weighted by molar-refractivity contribution is 7.90. The Bertz CT molecular complexity index is 1500. The topological polar surface area (TPSA) is 112 Å². The van der Waals surface area contributed by atoms with E-state index in [1.54, 1.807) is 6.92 Å². The maximum absolute atomic E-state index is 14.8. The Hall–Kier alpha value is -3.82. The van der Waals surface area contributed by atoms with Crippen molar-refractivity contribution in [2.45, 2.75) is 32.3 Å². The SMILES string of the molecule is CCc1nc2nc(C)c(F)cn2c1C(=O)NCc1ccc(N2CCN(S(=O)(=O)C(F)(F)F)C=N2)c(F)c1. The number of halogens is 5. The van der Waals surface area contributed by atoms with Gasteiger partial charge >= 0.3 is 15.5 Å². The number of amides is 1. The fourth-order valence-electron chi connectivity index (χ4n) is 3.63. The smallest absolute Gasteiger partial charge is 0.347 e. The number of hydrazone groups is 1. The number of imidazole rings is 1. The van der Waals surface area contributed by atoms with Crippen LogP contribution >= 0.6 is 0 Å².